The van der Waals surface area contributed by atoms with Gasteiger partial charge in [0.2, 0.25) is 0 Å². The molecule has 1 saturated carbocycles. The van der Waals surface area contributed by atoms with Crippen LogP contribution >= 0.6 is 0 Å². The smallest absolute Gasteiger partial charge is 0.123 e. The summed E-state index contributed by atoms with van der Waals surface area (Å²) < 4.78 is 0. The Balaban J connectivity index is 1.74. The lowest BCUT2D eigenvalue weighted by atomic mass is 10.0. The van der Waals surface area contributed by atoms with E-state index in [0.29, 0.717) is 5.82 Å². The second kappa shape index (κ2) is 6.01. The topological polar surface area (TPSA) is 50.9 Å². The number of hydrogen-bond acceptors (Lipinski definition) is 3. The van der Waals surface area contributed by atoms with E-state index in [2.05, 4.69) is 23.3 Å². The molecule has 0 spiro atoms. The number of nitrogens with zero attached hydrogens (tertiary/aromatic N) is 1. The largest absolute Gasteiger partial charge is 0.384 e. The lowest BCUT2D eigenvalue weighted by Crippen LogP contribution is -2.30. The SMILES string of the molecule is CCNC(CCCc1ccnc(N)c1)C1CC1. The Bertz CT molecular complexity index is 347. The van der Waals surface area contributed by atoms with Crippen molar-refractivity contribution in [3.8, 4) is 0 Å². The molecule has 0 radical (unpaired) electrons. The quantitative estimate of drug-likeness (QED) is 0.760. The molecule has 1 aliphatic carbocycles. The molecule has 3 N–H and O–H groups in total. The number of aryl methyl sites for hydroxylation is 1. The van der Waals surface area contributed by atoms with Crippen LogP contribution in [0.5, 0.6) is 0 Å². The number of aromatic nitrogens is 1. The van der Waals surface area contributed by atoms with E-state index in [0.717, 1.165) is 24.9 Å². The highest BCUT2D eigenvalue weighted by Gasteiger charge is 2.29. The van der Waals surface area contributed by atoms with Crippen LogP contribution in [0.2, 0.25) is 0 Å². The number of hydrogen-bond donors (Lipinski definition) is 2. The van der Waals surface area contributed by atoms with E-state index in [1.165, 1.54) is 31.2 Å². The van der Waals surface area contributed by atoms with E-state index in [9.17, 15) is 0 Å². The minimum Gasteiger partial charge on any atom is -0.384 e. The van der Waals surface area contributed by atoms with Gasteiger partial charge in [-0.2, -0.15) is 0 Å². The van der Waals surface area contributed by atoms with Crippen LogP contribution in [0.25, 0.3) is 0 Å². The average Bonchev–Trinajstić information content (AvgIpc) is 3.12. The Hall–Kier alpha value is -1.09. The van der Waals surface area contributed by atoms with Gasteiger partial charge < -0.3 is 11.1 Å². The molecule has 0 aliphatic heterocycles. The fourth-order valence-corrected chi connectivity index (χ4v) is 2.44. The highest BCUT2D eigenvalue weighted by Crippen LogP contribution is 2.34. The van der Waals surface area contributed by atoms with E-state index < -0.39 is 0 Å². The van der Waals surface area contributed by atoms with Gasteiger partial charge in [-0.15, -0.1) is 0 Å². The molecule has 1 atom stereocenters. The average molecular weight is 233 g/mol. The second-order valence-corrected chi connectivity index (χ2v) is 4.98. The number of rotatable bonds is 7. The van der Waals surface area contributed by atoms with Crippen molar-refractivity contribution in [2.45, 2.75) is 45.1 Å². The molecule has 0 amide bonds. The van der Waals surface area contributed by atoms with Crippen molar-refractivity contribution in [1.29, 1.82) is 0 Å². The molecule has 1 fully saturated rings. The third-order valence-corrected chi connectivity index (χ3v) is 3.48. The summed E-state index contributed by atoms with van der Waals surface area (Å²) >= 11 is 0. The predicted molar refractivity (Wildman–Crippen MR) is 71.8 cm³/mol. The van der Waals surface area contributed by atoms with E-state index in [1.54, 1.807) is 6.20 Å². The van der Waals surface area contributed by atoms with Gasteiger partial charge in [0.1, 0.15) is 5.82 Å². The first-order valence-corrected chi connectivity index (χ1v) is 6.73. The van der Waals surface area contributed by atoms with E-state index in [4.69, 9.17) is 5.73 Å². The maximum Gasteiger partial charge on any atom is 0.123 e. The van der Waals surface area contributed by atoms with Crippen LogP contribution in [0.4, 0.5) is 5.82 Å². The fraction of sp³-hybridized carbons (Fsp3) is 0.643. The summed E-state index contributed by atoms with van der Waals surface area (Å²) in [5, 5.41) is 3.61. The molecule has 0 saturated heterocycles. The van der Waals surface area contributed by atoms with Crippen LogP contribution in [0.3, 0.4) is 0 Å². The van der Waals surface area contributed by atoms with Crippen LogP contribution in [0, 0.1) is 5.92 Å². The van der Waals surface area contributed by atoms with Gasteiger partial charge in [0, 0.05) is 12.2 Å². The summed E-state index contributed by atoms with van der Waals surface area (Å²) in [5.41, 5.74) is 6.98. The molecule has 2 rings (SSSR count). The molecule has 1 aliphatic rings. The highest BCUT2D eigenvalue weighted by atomic mass is 14.9. The number of anilines is 1. The van der Waals surface area contributed by atoms with Gasteiger partial charge in [0.25, 0.3) is 0 Å². The first kappa shape index (κ1) is 12.4. The zero-order chi connectivity index (χ0) is 12.1. The zero-order valence-electron chi connectivity index (χ0n) is 10.7. The second-order valence-electron chi connectivity index (χ2n) is 4.98. The summed E-state index contributed by atoms with van der Waals surface area (Å²) in [5.74, 6) is 1.57. The first-order chi connectivity index (χ1) is 8.29. The number of pyridine rings is 1. The fourth-order valence-electron chi connectivity index (χ4n) is 2.44. The van der Waals surface area contributed by atoms with Crippen molar-refractivity contribution >= 4 is 5.82 Å². The van der Waals surface area contributed by atoms with Gasteiger partial charge in [-0.3, -0.25) is 0 Å². The highest BCUT2D eigenvalue weighted by molar-refractivity contribution is 5.31. The Morgan fingerprint density at radius 2 is 2.35 bits per heavy atom. The van der Waals surface area contributed by atoms with Crippen molar-refractivity contribution in [1.82, 2.24) is 10.3 Å². The van der Waals surface area contributed by atoms with Crippen molar-refractivity contribution in [2.75, 3.05) is 12.3 Å². The maximum atomic E-state index is 5.67. The van der Waals surface area contributed by atoms with Crippen molar-refractivity contribution < 1.29 is 0 Å². The van der Waals surface area contributed by atoms with Crippen LogP contribution in [-0.4, -0.2) is 17.6 Å². The summed E-state index contributed by atoms with van der Waals surface area (Å²) in [6.45, 7) is 3.28. The number of nitrogens with one attached hydrogen (secondary N) is 1. The zero-order valence-corrected chi connectivity index (χ0v) is 10.7. The molecule has 94 valence electrons. The predicted octanol–water partition coefficient (Wildman–Crippen LogP) is 2.37. The third kappa shape index (κ3) is 4.00. The Labute approximate surface area is 104 Å². The van der Waals surface area contributed by atoms with Crippen molar-refractivity contribution in [3.63, 3.8) is 0 Å². The van der Waals surface area contributed by atoms with Gasteiger partial charge in [0.15, 0.2) is 0 Å². The molecule has 17 heavy (non-hydrogen) atoms. The van der Waals surface area contributed by atoms with Gasteiger partial charge in [-0.25, -0.2) is 4.98 Å². The molecular weight excluding hydrogens is 210 g/mol. The Morgan fingerprint density at radius 1 is 1.53 bits per heavy atom. The van der Waals surface area contributed by atoms with Crippen molar-refractivity contribution in [3.05, 3.63) is 23.9 Å². The maximum absolute atomic E-state index is 5.67. The van der Waals surface area contributed by atoms with Crippen LogP contribution in [-0.2, 0) is 6.42 Å². The molecular formula is C14H23N3. The number of nitrogens with two attached hydrogens (primary N) is 1. The molecule has 1 aromatic rings. The van der Waals surface area contributed by atoms with Crippen LogP contribution < -0.4 is 11.1 Å². The standard InChI is InChI=1S/C14H23N3/c1-2-16-13(12-6-7-12)5-3-4-11-8-9-17-14(15)10-11/h8-10,12-13,16H,2-7H2,1H3,(H2,15,17). The van der Waals surface area contributed by atoms with Crippen LogP contribution in [0.15, 0.2) is 18.3 Å². The lowest BCUT2D eigenvalue weighted by Gasteiger charge is -2.16. The normalized spacial score (nSPS) is 17.0. The van der Waals surface area contributed by atoms with E-state index >= 15 is 0 Å². The molecule has 3 heteroatoms. The molecule has 0 bridgehead atoms. The van der Waals surface area contributed by atoms with Gasteiger partial charge in [0.05, 0.1) is 0 Å². The van der Waals surface area contributed by atoms with Gasteiger partial charge >= 0.3 is 0 Å². The molecule has 3 nitrogen and oxygen atoms in total. The molecule has 1 heterocycles. The minimum atomic E-state index is 0.632. The first-order valence-electron chi connectivity index (χ1n) is 6.73. The van der Waals surface area contributed by atoms with Crippen LogP contribution in [0.1, 0.15) is 38.2 Å². The van der Waals surface area contributed by atoms with E-state index in [1.807, 2.05) is 6.07 Å². The minimum absolute atomic E-state index is 0.632. The summed E-state index contributed by atoms with van der Waals surface area (Å²) in [7, 11) is 0. The Kier molecular flexibility index (Phi) is 4.37. The monoisotopic (exact) mass is 233 g/mol. The van der Waals surface area contributed by atoms with Gasteiger partial charge in [-0.1, -0.05) is 6.92 Å². The molecule has 1 aromatic heterocycles. The van der Waals surface area contributed by atoms with Gasteiger partial charge in [-0.05, 0) is 62.3 Å². The summed E-state index contributed by atoms with van der Waals surface area (Å²) in [6, 6.07) is 4.79. The van der Waals surface area contributed by atoms with Crippen molar-refractivity contribution in [2.24, 2.45) is 5.92 Å². The summed E-state index contributed by atoms with van der Waals surface area (Å²) in [4.78, 5) is 4.02. The number of nitrogen functional groups attached to an aromatic ring is 1. The molecule has 1 unspecified atom stereocenters. The lowest BCUT2D eigenvalue weighted by molar-refractivity contribution is 0.434. The Morgan fingerprint density at radius 3 is 3.00 bits per heavy atom. The third-order valence-electron chi connectivity index (χ3n) is 3.48. The van der Waals surface area contributed by atoms with E-state index in [-0.39, 0.29) is 0 Å². The summed E-state index contributed by atoms with van der Waals surface area (Å²) in [6.07, 6.45) is 8.26. The molecule has 0 aromatic carbocycles.